The van der Waals surface area contributed by atoms with Crippen molar-refractivity contribution in [3.8, 4) is 0 Å². The summed E-state index contributed by atoms with van der Waals surface area (Å²) in [6, 6.07) is 9.04. The van der Waals surface area contributed by atoms with Gasteiger partial charge in [0.2, 0.25) is 10.0 Å². The average Bonchev–Trinajstić information content (AvgIpc) is 2.82. The van der Waals surface area contributed by atoms with E-state index in [9.17, 15) is 18.0 Å². The van der Waals surface area contributed by atoms with Crippen LogP contribution in [0.25, 0.3) is 6.08 Å². The fraction of sp³-hybridized carbons (Fsp3) is 0.520. The summed E-state index contributed by atoms with van der Waals surface area (Å²) >= 11 is 0. The minimum atomic E-state index is -3.79. The minimum Gasteiger partial charge on any atom is -0.378 e. The molecule has 186 valence electrons. The van der Waals surface area contributed by atoms with Crippen LogP contribution in [0.5, 0.6) is 0 Å². The van der Waals surface area contributed by atoms with E-state index in [1.165, 1.54) is 0 Å². The van der Waals surface area contributed by atoms with Crippen molar-refractivity contribution in [3.63, 3.8) is 0 Å². The zero-order chi connectivity index (χ0) is 24.6. The summed E-state index contributed by atoms with van der Waals surface area (Å²) in [6.07, 6.45) is 7.44. The molecule has 1 aliphatic heterocycles. The molecular formula is C25H35N3O5S. The van der Waals surface area contributed by atoms with Gasteiger partial charge in [0.25, 0.3) is 5.91 Å². The maximum absolute atomic E-state index is 13.3. The van der Waals surface area contributed by atoms with Gasteiger partial charge in [-0.05, 0) is 42.9 Å². The first-order chi connectivity index (χ1) is 16.3. The van der Waals surface area contributed by atoms with Crippen molar-refractivity contribution >= 4 is 28.0 Å². The molecule has 1 heterocycles. The Bertz CT molecular complexity index is 1030. The number of morpholine rings is 1. The van der Waals surface area contributed by atoms with Crippen molar-refractivity contribution in [2.45, 2.75) is 45.4 Å². The second kappa shape index (κ2) is 12.2. The maximum Gasteiger partial charge on any atom is 0.337 e. The van der Waals surface area contributed by atoms with E-state index in [1.54, 1.807) is 0 Å². The summed E-state index contributed by atoms with van der Waals surface area (Å²) in [7, 11) is -3.79. The molecule has 0 aromatic heterocycles. The second-order valence-corrected chi connectivity index (χ2v) is 10.6. The molecule has 0 spiro atoms. The van der Waals surface area contributed by atoms with Crippen molar-refractivity contribution in [1.29, 1.82) is 0 Å². The number of unbranched alkanes of at least 4 members (excludes halogenated alkanes) is 2. The number of rotatable bonds is 8. The van der Waals surface area contributed by atoms with Crippen LogP contribution < -0.4 is 5.32 Å². The summed E-state index contributed by atoms with van der Waals surface area (Å²) in [5.74, 6) is -0.533. The first-order valence-corrected chi connectivity index (χ1v) is 13.8. The van der Waals surface area contributed by atoms with Crippen molar-refractivity contribution in [2.75, 3.05) is 39.1 Å². The number of benzene rings is 1. The van der Waals surface area contributed by atoms with Crippen LogP contribution >= 0.6 is 0 Å². The number of urea groups is 1. The Morgan fingerprint density at radius 1 is 1.12 bits per heavy atom. The summed E-state index contributed by atoms with van der Waals surface area (Å²) in [6.45, 7) is 4.49. The van der Waals surface area contributed by atoms with Crippen molar-refractivity contribution in [2.24, 2.45) is 0 Å². The number of nitrogens with zero attached hydrogens (tertiary/aromatic N) is 2. The maximum atomic E-state index is 13.3. The number of allylic oxidation sites excluding steroid dienone is 1. The minimum absolute atomic E-state index is 0.0559. The van der Waals surface area contributed by atoms with E-state index in [1.807, 2.05) is 37.3 Å². The molecule has 8 nitrogen and oxygen atoms in total. The molecule has 0 bridgehead atoms. The van der Waals surface area contributed by atoms with E-state index < -0.39 is 22.0 Å². The van der Waals surface area contributed by atoms with Gasteiger partial charge in [0.1, 0.15) is 0 Å². The first kappa shape index (κ1) is 26.0. The number of imide groups is 1. The third kappa shape index (κ3) is 6.93. The van der Waals surface area contributed by atoms with Crippen molar-refractivity contribution in [1.82, 2.24) is 14.5 Å². The molecule has 1 saturated heterocycles. The molecule has 0 unspecified atom stereocenters. The Morgan fingerprint density at radius 3 is 2.47 bits per heavy atom. The molecule has 9 heteroatoms. The standard InChI is InChI=1S/C25H35N3O5S/c1-3-4-8-14-28(34(2,31)32)25(30)26-24(29)22-13-9-12-21(19-20-10-6-5-7-11-20)23(22)27-15-17-33-18-16-27/h5-7,10-11,19H,3-4,8-9,12-18H2,1-2H3,(H,26,29,30)/b21-19-. The van der Waals surface area contributed by atoms with Gasteiger partial charge >= 0.3 is 6.03 Å². The molecule has 3 amide bonds. The lowest BCUT2D eigenvalue weighted by Gasteiger charge is -2.36. The Kier molecular flexibility index (Phi) is 9.29. The Morgan fingerprint density at radius 2 is 1.82 bits per heavy atom. The number of sulfonamides is 1. The topological polar surface area (TPSA) is 96.0 Å². The number of carbonyl (C=O) groups is 2. The van der Waals surface area contributed by atoms with Crippen LogP contribution in [-0.4, -0.2) is 68.7 Å². The number of nitrogens with one attached hydrogen (secondary N) is 1. The molecular weight excluding hydrogens is 454 g/mol. The lowest BCUT2D eigenvalue weighted by atomic mass is 9.88. The van der Waals surface area contributed by atoms with Crippen LogP contribution in [0.15, 0.2) is 47.2 Å². The Hall–Kier alpha value is -2.65. The highest BCUT2D eigenvalue weighted by Gasteiger charge is 2.31. The highest BCUT2D eigenvalue weighted by atomic mass is 32.2. The summed E-state index contributed by atoms with van der Waals surface area (Å²) in [4.78, 5) is 28.3. The number of amides is 3. The largest absolute Gasteiger partial charge is 0.378 e. The SMILES string of the molecule is CCCCCN(C(=O)NC(=O)C1=C(N2CCOCC2)/C(=C\c2ccccc2)CCC1)S(C)(=O)=O. The lowest BCUT2D eigenvalue weighted by molar-refractivity contribution is -0.117. The molecule has 0 atom stereocenters. The van der Waals surface area contributed by atoms with Gasteiger partial charge in [-0.1, -0.05) is 50.1 Å². The molecule has 34 heavy (non-hydrogen) atoms. The molecule has 1 aromatic carbocycles. The average molecular weight is 490 g/mol. The highest BCUT2D eigenvalue weighted by molar-refractivity contribution is 7.88. The molecule has 1 aromatic rings. The molecule has 0 radical (unpaired) electrons. The monoisotopic (exact) mass is 489 g/mol. The van der Waals surface area contributed by atoms with Gasteiger partial charge in [0.15, 0.2) is 0 Å². The predicted molar refractivity (Wildman–Crippen MR) is 132 cm³/mol. The number of carbonyl (C=O) groups excluding carboxylic acids is 2. The zero-order valence-electron chi connectivity index (χ0n) is 20.1. The normalized spacial score (nSPS) is 18.2. The predicted octanol–water partition coefficient (Wildman–Crippen LogP) is 3.53. The fourth-order valence-electron chi connectivity index (χ4n) is 4.34. The molecule has 1 N–H and O–H groups in total. The van der Waals surface area contributed by atoms with Crippen LogP contribution in [0, 0.1) is 0 Å². The Labute approximate surface area is 202 Å². The number of hydrogen-bond acceptors (Lipinski definition) is 6. The van der Waals surface area contributed by atoms with E-state index in [0.717, 1.165) is 53.1 Å². The molecule has 1 aliphatic carbocycles. The van der Waals surface area contributed by atoms with Crippen LogP contribution in [-0.2, 0) is 19.6 Å². The fourth-order valence-corrected chi connectivity index (χ4v) is 5.15. The number of hydrogen-bond donors (Lipinski definition) is 1. The van der Waals surface area contributed by atoms with Gasteiger partial charge in [0, 0.05) is 30.9 Å². The number of ether oxygens (including phenoxy) is 1. The van der Waals surface area contributed by atoms with Crippen LogP contribution in [0.2, 0.25) is 0 Å². The van der Waals surface area contributed by atoms with Gasteiger partial charge in [-0.15, -0.1) is 0 Å². The molecule has 2 aliphatic rings. The van der Waals surface area contributed by atoms with Crippen molar-refractivity contribution in [3.05, 3.63) is 52.7 Å². The van der Waals surface area contributed by atoms with E-state index in [2.05, 4.69) is 16.3 Å². The van der Waals surface area contributed by atoms with E-state index in [4.69, 9.17) is 4.74 Å². The van der Waals surface area contributed by atoms with Crippen LogP contribution in [0.1, 0.15) is 51.0 Å². The third-order valence-electron chi connectivity index (χ3n) is 6.02. The zero-order valence-corrected chi connectivity index (χ0v) is 20.9. The lowest BCUT2D eigenvalue weighted by Crippen LogP contribution is -2.47. The van der Waals surface area contributed by atoms with Gasteiger partial charge in [-0.3, -0.25) is 10.1 Å². The van der Waals surface area contributed by atoms with E-state index >= 15 is 0 Å². The smallest absolute Gasteiger partial charge is 0.337 e. The quantitative estimate of drug-likeness (QED) is 0.561. The van der Waals surface area contributed by atoms with Crippen LogP contribution in [0.4, 0.5) is 4.79 Å². The van der Waals surface area contributed by atoms with Crippen LogP contribution in [0.3, 0.4) is 0 Å². The van der Waals surface area contributed by atoms with Gasteiger partial charge in [0.05, 0.1) is 19.5 Å². The first-order valence-electron chi connectivity index (χ1n) is 12.0. The summed E-state index contributed by atoms with van der Waals surface area (Å²) in [5.41, 5.74) is 3.44. The third-order valence-corrected chi connectivity index (χ3v) is 7.17. The van der Waals surface area contributed by atoms with E-state index in [-0.39, 0.29) is 6.54 Å². The van der Waals surface area contributed by atoms with Crippen molar-refractivity contribution < 1.29 is 22.7 Å². The Balaban J connectivity index is 1.91. The molecule has 1 fully saturated rings. The molecule has 0 saturated carbocycles. The van der Waals surface area contributed by atoms with Gasteiger partial charge < -0.3 is 9.64 Å². The van der Waals surface area contributed by atoms with E-state index in [0.29, 0.717) is 44.7 Å². The van der Waals surface area contributed by atoms with Gasteiger partial charge in [-0.2, -0.15) is 0 Å². The highest BCUT2D eigenvalue weighted by Crippen LogP contribution is 2.34. The second-order valence-electron chi connectivity index (χ2n) is 8.66. The molecule has 3 rings (SSSR count). The van der Waals surface area contributed by atoms with Gasteiger partial charge in [-0.25, -0.2) is 17.5 Å². The summed E-state index contributed by atoms with van der Waals surface area (Å²) < 4.78 is 30.7. The summed E-state index contributed by atoms with van der Waals surface area (Å²) in [5, 5.41) is 2.36.